The van der Waals surface area contributed by atoms with Gasteiger partial charge in [0.25, 0.3) is 0 Å². The molecule has 0 atom stereocenters. The summed E-state index contributed by atoms with van der Waals surface area (Å²) >= 11 is 0. The lowest BCUT2D eigenvalue weighted by Crippen LogP contribution is -2.24. The van der Waals surface area contributed by atoms with Gasteiger partial charge >= 0.3 is 5.97 Å². The van der Waals surface area contributed by atoms with Crippen LogP contribution in [-0.4, -0.2) is 36.4 Å². The lowest BCUT2D eigenvalue weighted by atomic mass is 10.0. The molecule has 0 saturated carbocycles. The highest BCUT2D eigenvalue weighted by atomic mass is 16.6. The molecule has 0 saturated heterocycles. The number of rotatable bonds is 15. The fraction of sp³-hybridized carbons (Fsp3) is 0.500. The van der Waals surface area contributed by atoms with Gasteiger partial charge in [-0.05, 0) is 43.4 Å². The molecule has 1 aliphatic heterocycles. The molecule has 0 aliphatic carbocycles. The van der Waals surface area contributed by atoms with E-state index in [4.69, 9.17) is 9.47 Å². The van der Waals surface area contributed by atoms with Crippen LogP contribution >= 0.6 is 0 Å². The van der Waals surface area contributed by atoms with Gasteiger partial charge in [0.1, 0.15) is 12.0 Å². The second-order valence-corrected chi connectivity index (χ2v) is 7.09. The first kappa shape index (κ1) is 22.5. The predicted octanol–water partition coefficient (Wildman–Crippen LogP) is 3.40. The molecule has 0 aromatic heterocycles. The van der Waals surface area contributed by atoms with Crippen molar-refractivity contribution in [2.24, 2.45) is 0 Å². The Kier molecular flexibility index (Phi) is 9.75. The third-order valence-corrected chi connectivity index (χ3v) is 4.63. The van der Waals surface area contributed by atoms with Crippen LogP contribution in [0.3, 0.4) is 0 Å². The smallest absolute Gasteiger partial charge is 0.306 e. The Morgan fingerprint density at radius 3 is 2.55 bits per heavy atom. The largest absolute Gasteiger partial charge is 0.507 e. The molecule has 7 heteroatoms. The van der Waals surface area contributed by atoms with Crippen LogP contribution in [0.15, 0.2) is 30.2 Å². The molecular weight excluding hydrogens is 374 g/mol. The highest BCUT2D eigenvalue weighted by Gasteiger charge is 2.12. The van der Waals surface area contributed by atoms with E-state index in [1.807, 2.05) is 6.07 Å². The van der Waals surface area contributed by atoms with Gasteiger partial charge < -0.3 is 19.9 Å². The van der Waals surface area contributed by atoms with Gasteiger partial charge in [-0.2, -0.15) is 0 Å². The van der Waals surface area contributed by atoms with E-state index in [1.165, 1.54) is 6.26 Å². The Morgan fingerprint density at radius 2 is 1.83 bits per heavy atom. The minimum atomic E-state index is -0.287. The molecule has 0 radical (unpaired) electrons. The van der Waals surface area contributed by atoms with Crippen LogP contribution in [0.2, 0.25) is 0 Å². The van der Waals surface area contributed by atoms with Crippen LogP contribution in [0.1, 0.15) is 67.3 Å². The maximum atomic E-state index is 11.8. The minimum Gasteiger partial charge on any atom is -0.507 e. The monoisotopic (exact) mass is 403 g/mol. The quantitative estimate of drug-likeness (QED) is 0.264. The van der Waals surface area contributed by atoms with Crippen molar-refractivity contribution in [3.05, 3.63) is 41.3 Å². The predicted molar refractivity (Wildman–Crippen MR) is 107 cm³/mol. The van der Waals surface area contributed by atoms with E-state index in [0.717, 1.165) is 44.1 Å². The van der Waals surface area contributed by atoms with E-state index in [2.05, 4.69) is 5.32 Å². The van der Waals surface area contributed by atoms with Crippen molar-refractivity contribution in [3.63, 3.8) is 0 Å². The number of carbonyl (C=O) groups is 3. The number of amides is 1. The summed E-state index contributed by atoms with van der Waals surface area (Å²) in [4.78, 5) is 33.9. The fourth-order valence-electron chi connectivity index (χ4n) is 2.87. The van der Waals surface area contributed by atoms with Gasteiger partial charge in [0, 0.05) is 19.4 Å². The number of phenols is 1. The van der Waals surface area contributed by atoms with Crippen molar-refractivity contribution in [3.8, 4) is 5.75 Å². The lowest BCUT2D eigenvalue weighted by molar-refractivity contribution is -0.143. The third kappa shape index (κ3) is 9.78. The maximum absolute atomic E-state index is 11.8. The summed E-state index contributed by atoms with van der Waals surface area (Å²) in [5, 5.41) is 12.5. The second kappa shape index (κ2) is 12.6. The second-order valence-electron chi connectivity index (χ2n) is 7.09. The molecule has 2 N–H and O–H groups in total. The zero-order chi connectivity index (χ0) is 20.9. The number of esters is 1. The number of carbonyl (C=O) groups excluding carboxylic acids is 3. The number of aryl methyl sites for hydroxylation is 1. The molecule has 29 heavy (non-hydrogen) atoms. The number of aldehydes is 1. The van der Waals surface area contributed by atoms with E-state index in [-0.39, 0.29) is 30.7 Å². The van der Waals surface area contributed by atoms with Crippen molar-refractivity contribution in [2.45, 2.75) is 57.8 Å². The van der Waals surface area contributed by atoms with E-state index < -0.39 is 0 Å². The molecule has 1 heterocycles. The minimum absolute atomic E-state index is 0.0145. The van der Waals surface area contributed by atoms with Crippen molar-refractivity contribution in [2.75, 3.05) is 13.2 Å². The molecule has 1 amide bonds. The summed E-state index contributed by atoms with van der Waals surface area (Å²) < 4.78 is 9.71. The molecule has 2 rings (SSSR count). The maximum Gasteiger partial charge on any atom is 0.306 e. The van der Waals surface area contributed by atoms with E-state index in [1.54, 1.807) is 12.1 Å². The summed E-state index contributed by atoms with van der Waals surface area (Å²) in [5.74, 6) is 0.441. The summed E-state index contributed by atoms with van der Waals surface area (Å²) in [5.41, 5.74) is 1.34. The fourth-order valence-corrected chi connectivity index (χ4v) is 2.87. The summed E-state index contributed by atoms with van der Waals surface area (Å²) in [7, 11) is 0. The lowest BCUT2D eigenvalue weighted by Gasteiger charge is -2.06. The number of hydrogen-bond donors (Lipinski definition) is 2. The third-order valence-electron chi connectivity index (χ3n) is 4.63. The van der Waals surface area contributed by atoms with Crippen LogP contribution in [0.4, 0.5) is 0 Å². The van der Waals surface area contributed by atoms with Gasteiger partial charge in [0.15, 0.2) is 18.7 Å². The average Bonchev–Trinajstić information content (AvgIpc) is 3.53. The molecule has 0 fully saturated rings. The first-order valence-corrected chi connectivity index (χ1v) is 10.1. The molecule has 7 nitrogen and oxygen atoms in total. The highest BCUT2D eigenvalue weighted by molar-refractivity contribution is 5.79. The highest BCUT2D eigenvalue weighted by Crippen LogP contribution is 2.19. The van der Waals surface area contributed by atoms with Crippen molar-refractivity contribution < 1.29 is 29.0 Å². The van der Waals surface area contributed by atoms with Crippen LogP contribution in [0, 0.1) is 0 Å². The number of aromatic hydroxyl groups is 1. The topological polar surface area (TPSA) is 105 Å². The van der Waals surface area contributed by atoms with E-state index >= 15 is 0 Å². The van der Waals surface area contributed by atoms with Crippen molar-refractivity contribution >= 4 is 18.2 Å². The Hall–Kier alpha value is -2.83. The Labute approximate surface area is 171 Å². The number of benzene rings is 1. The zero-order valence-corrected chi connectivity index (χ0v) is 16.7. The van der Waals surface area contributed by atoms with Crippen LogP contribution in [-0.2, 0) is 25.5 Å². The van der Waals surface area contributed by atoms with Crippen molar-refractivity contribution in [1.29, 1.82) is 0 Å². The van der Waals surface area contributed by atoms with Gasteiger partial charge in [0.2, 0.25) is 5.91 Å². The first-order chi connectivity index (χ1) is 14.1. The van der Waals surface area contributed by atoms with Gasteiger partial charge in [-0.25, -0.2) is 0 Å². The summed E-state index contributed by atoms with van der Waals surface area (Å²) in [6.07, 6.45) is 9.34. The first-order valence-electron chi connectivity index (χ1n) is 10.1. The molecule has 1 aliphatic rings. The van der Waals surface area contributed by atoms with Gasteiger partial charge in [-0.1, -0.05) is 25.3 Å². The zero-order valence-electron chi connectivity index (χ0n) is 16.7. The van der Waals surface area contributed by atoms with E-state index in [9.17, 15) is 19.5 Å². The molecule has 1 aromatic rings. The molecule has 158 valence electrons. The standard InChI is InChI=1S/C22H29NO6/c24-14-18-11-10-17(13-20(18)25)7-4-2-1-3-5-8-21(26)23-12-6-9-22(27)29-16-19-15-28-19/h10-11,13-15,25H,1-9,12,16H2,(H,23,26). The number of ether oxygens (including phenoxy) is 2. The van der Waals surface area contributed by atoms with Crippen molar-refractivity contribution in [1.82, 2.24) is 5.32 Å². The van der Waals surface area contributed by atoms with Gasteiger partial charge in [-0.15, -0.1) is 0 Å². The molecule has 1 aromatic carbocycles. The normalized spacial score (nSPS) is 11.9. The molecular formula is C22H29NO6. The SMILES string of the molecule is O=Cc1ccc(CCCCCCCC(=O)NCCCC(=O)OCC2=CO2)cc1O. The van der Waals surface area contributed by atoms with Gasteiger partial charge in [-0.3, -0.25) is 14.4 Å². The Bertz CT molecular complexity index is 728. The number of unbranched alkanes of at least 4 members (excludes halogenated alkanes) is 4. The van der Waals surface area contributed by atoms with Crippen LogP contribution in [0.5, 0.6) is 5.75 Å². The summed E-state index contributed by atoms with van der Waals surface area (Å²) in [6, 6.07) is 5.15. The van der Waals surface area contributed by atoms with Gasteiger partial charge in [0.05, 0.1) is 5.56 Å². The molecule has 0 bridgehead atoms. The Balaban J connectivity index is 1.40. The number of nitrogens with one attached hydrogen (secondary N) is 1. The number of hydrogen-bond acceptors (Lipinski definition) is 6. The molecule has 0 unspecified atom stereocenters. The van der Waals surface area contributed by atoms with Crippen LogP contribution in [0.25, 0.3) is 0 Å². The van der Waals surface area contributed by atoms with Crippen LogP contribution < -0.4 is 5.32 Å². The number of phenolic OH excluding ortho intramolecular Hbond substituents is 1. The van der Waals surface area contributed by atoms with E-state index in [0.29, 0.717) is 37.0 Å². The average molecular weight is 403 g/mol. The molecule has 0 spiro atoms. The Morgan fingerprint density at radius 1 is 1.07 bits per heavy atom. The summed E-state index contributed by atoms with van der Waals surface area (Å²) in [6.45, 7) is 0.670.